The van der Waals surface area contributed by atoms with Crippen molar-refractivity contribution >= 4 is 15.9 Å². The van der Waals surface area contributed by atoms with Gasteiger partial charge in [-0.1, -0.05) is 0 Å². The first-order valence-electron chi connectivity index (χ1n) is 6.59. The molecule has 2 aromatic rings. The number of nitrogens with one attached hydrogen (secondary N) is 1. The largest absolute Gasteiger partial charge is 0.486 e. The molecule has 0 atom stereocenters. The second-order valence-electron chi connectivity index (χ2n) is 4.89. The van der Waals surface area contributed by atoms with Gasteiger partial charge in [0.1, 0.15) is 29.7 Å². The minimum absolute atomic E-state index is 0.296. The maximum atomic E-state index is 13.3. The zero-order valence-electron chi connectivity index (χ0n) is 10.9. The van der Waals surface area contributed by atoms with Gasteiger partial charge in [-0.05, 0) is 53.0 Å². The van der Waals surface area contributed by atoms with Crippen LogP contribution in [0, 0.1) is 5.82 Å². The molecule has 0 radical (unpaired) electrons. The molecular weight excluding hydrogens is 325 g/mol. The number of ether oxygens (including phenoxy) is 1. The van der Waals surface area contributed by atoms with Crippen LogP contribution in [0.5, 0.6) is 5.75 Å². The molecule has 3 nitrogen and oxygen atoms in total. The van der Waals surface area contributed by atoms with Crippen molar-refractivity contribution in [3.05, 3.63) is 52.1 Å². The molecule has 0 amide bonds. The van der Waals surface area contributed by atoms with Crippen LogP contribution in [0.2, 0.25) is 0 Å². The molecule has 1 aromatic heterocycles. The van der Waals surface area contributed by atoms with E-state index in [0.717, 1.165) is 18.1 Å². The summed E-state index contributed by atoms with van der Waals surface area (Å²) in [6.45, 7) is 1.04. The maximum absolute atomic E-state index is 13.3. The summed E-state index contributed by atoms with van der Waals surface area (Å²) in [6.07, 6.45) is 2.51. The van der Waals surface area contributed by atoms with Crippen molar-refractivity contribution in [2.75, 3.05) is 0 Å². The fourth-order valence-electron chi connectivity index (χ4n) is 1.85. The molecule has 1 heterocycles. The lowest BCUT2D eigenvalue weighted by Gasteiger charge is -2.05. The van der Waals surface area contributed by atoms with Gasteiger partial charge in [0.25, 0.3) is 0 Å². The normalized spacial score (nSPS) is 14.5. The van der Waals surface area contributed by atoms with E-state index in [9.17, 15) is 4.39 Å². The first kappa shape index (κ1) is 13.6. The number of benzene rings is 1. The molecule has 1 aromatic carbocycles. The second kappa shape index (κ2) is 5.97. The Hall–Kier alpha value is -1.33. The van der Waals surface area contributed by atoms with Crippen molar-refractivity contribution in [1.82, 2.24) is 5.32 Å². The van der Waals surface area contributed by atoms with Crippen molar-refractivity contribution in [3.63, 3.8) is 0 Å². The van der Waals surface area contributed by atoms with Gasteiger partial charge in [0, 0.05) is 12.1 Å². The summed E-state index contributed by atoms with van der Waals surface area (Å²) in [7, 11) is 0. The Kier molecular flexibility index (Phi) is 4.08. The highest BCUT2D eigenvalue weighted by molar-refractivity contribution is 9.10. The topological polar surface area (TPSA) is 34.4 Å². The third-order valence-electron chi connectivity index (χ3n) is 3.13. The summed E-state index contributed by atoms with van der Waals surface area (Å²) in [5, 5.41) is 3.38. The van der Waals surface area contributed by atoms with E-state index < -0.39 is 0 Å². The van der Waals surface area contributed by atoms with Crippen LogP contribution in [0.15, 0.2) is 39.2 Å². The van der Waals surface area contributed by atoms with Crippen LogP contribution in [0.1, 0.15) is 24.4 Å². The smallest absolute Gasteiger partial charge is 0.146 e. The van der Waals surface area contributed by atoms with Crippen LogP contribution in [-0.4, -0.2) is 6.04 Å². The highest BCUT2D eigenvalue weighted by atomic mass is 79.9. The van der Waals surface area contributed by atoms with Gasteiger partial charge in [0.2, 0.25) is 0 Å². The van der Waals surface area contributed by atoms with E-state index in [0.29, 0.717) is 22.9 Å². The summed E-state index contributed by atoms with van der Waals surface area (Å²) < 4.78 is 24.9. The quantitative estimate of drug-likeness (QED) is 0.863. The molecule has 1 aliphatic carbocycles. The molecule has 1 N–H and O–H groups in total. The van der Waals surface area contributed by atoms with Gasteiger partial charge in [0.05, 0.1) is 11.0 Å². The molecular formula is C15H15BrFNO2. The maximum Gasteiger partial charge on any atom is 0.146 e. The lowest BCUT2D eigenvalue weighted by Crippen LogP contribution is -2.14. The molecule has 1 fully saturated rings. The summed E-state index contributed by atoms with van der Waals surface area (Å²) in [5.41, 5.74) is 0. The van der Waals surface area contributed by atoms with Gasteiger partial charge in [0.15, 0.2) is 0 Å². The second-order valence-corrected chi connectivity index (χ2v) is 5.74. The van der Waals surface area contributed by atoms with Crippen molar-refractivity contribution in [2.45, 2.75) is 32.0 Å². The van der Waals surface area contributed by atoms with Crippen LogP contribution in [0.3, 0.4) is 0 Å². The summed E-state index contributed by atoms with van der Waals surface area (Å²) in [6, 6.07) is 9.17. The fraction of sp³-hybridized carbons (Fsp3) is 0.333. The Morgan fingerprint density at radius 1 is 1.25 bits per heavy atom. The number of halogens is 2. The summed E-state index contributed by atoms with van der Waals surface area (Å²) in [4.78, 5) is 0. The standard InChI is InChI=1S/C15H15BrFNO2/c16-14-6-5-11(7-15(14)17)19-9-13-4-3-12(20-13)8-18-10-1-2-10/h3-7,10,18H,1-2,8-9H2. The lowest BCUT2D eigenvalue weighted by atomic mass is 10.3. The predicted octanol–water partition coefficient (Wildman–Crippen LogP) is 4.01. The minimum atomic E-state index is -0.337. The number of furan rings is 1. The Balaban J connectivity index is 1.53. The zero-order chi connectivity index (χ0) is 13.9. The van der Waals surface area contributed by atoms with Gasteiger partial charge in [-0.15, -0.1) is 0 Å². The highest BCUT2D eigenvalue weighted by Gasteiger charge is 2.20. The molecule has 0 saturated heterocycles. The van der Waals surface area contributed by atoms with Crippen LogP contribution < -0.4 is 10.1 Å². The third kappa shape index (κ3) is 3.61. The summed E-state index contributed by atoms with van der Waals surface area (Å²) >= 11 is 3.11. The average Bonchev–Trinajstić information content (AvgIpc) is 3.16. The molecule has 0 bridgehead atoms. The van der Waals surface area contributed by atoms with Gasteiger partial charge in [-0.2, -0.15) is 0 Å². The molecule has 1 aliphatic rings. The fourth-order valence-corrected chi connectivity index (χ4v) is 2.10. The van der Waals surface area contributed by atoms with Crippen LogP contribution >= 0.6 is 15.9 Å². The molecule has 0 unspecified atom stereocenters. The third-order valence-corrected chi connectivity index (χ3v) is 3.77. The van der Waals surface area contributed by atoms with Crippen molar-refractivity contribution in [2.24, 2.45) is 0 Å². The zero-order valence-corrected chi connectivity index (χ0v) is 12.5. The predicted molar refractivity (Wildman–Crippen MR) is 77.0 cm³/mol. The SMILES string of the molecule is Fc1cc(OCc2ccc(CNC3CC3)o2)ccc1Br. The minimum Gasteiger partial charge on any atom is -0.486 e. The van der Waals surface area contributed by atoms with Gasteiger partial charge in [-0.25, -0.2) is 4.39 Å². The van der Waals surface area contributed by atoms with E-state index in [4.69, 9.17) is 9.15 Å². The van der Waals surface area contributed by atoms with E-state index in [2.05, 4.69) is 21.2 Å². The Labute approximate surface area is 125 Å². The molecule has 0 spiro atoms. The van der Waals surface area contributed by atoms with E-state index in [1.54, 1.807) is 12.1 Å². The lowest BCUT2D eigenvalue weighted by molar-refractivity contribution is 0.264. The molecule has 106 valence electrons. The van der Waals surface area contributed by atoms with Crippen molar-refractivity contribution in [3.8, 4) is 5.75 Å². The van der Waals surface area contributed by atoms with Gasteiger partial charge < -0.3 is 14.5 Å². The molecule has 1 saturated carbocycles. The van der Waals surface area contributed by atoms with Crippen molar-refractivity contribution < 1.29 is 13.5 Å². The number of hydrogen-bond acceptors (Lipinski definition) is 3. The van der Waals surface area contributed by atoms with Gasteiger partial charge >= 0.3 is 0 Å². The van der Waals surface area contributed by atoms with E-state index in [1.807, 2.05) is 12.1 Å². The van der Waals surface area contributed by atoms with Crippen LogP contribution in [0.4, 0.5) is 4.39 Å². The first-order chi connectivity index (χ1) is 9.70. The Bertz CT molecular complexity index is 595. The van der Waals surface area contributed by atoms with Crippen molar-refractivity contribution in [1.29, 1.82) is 0 Å². The summed E-state index contributed by atoms with van der Waals surface area (Å²) in [5.74, 6) is 1.79. The first-order valence-corrected chi connectivity index (χ1v) is 7.39. The molecule has 5 heteroatoms. The Morgan fingerprint density at radius 2 is 2.05 bits per heavy atom. The Morgan fingerprint density at radius 3 is 2.80 bits per heavy atom. The van der Waals surface area contributed by atoms with E-state index in [1.165, 1.54) is 18.9 Å². The molecule has 20 heavy (non-hydrogen) atoms. The molecule has 0 aliphatic heterocycles. The molecule has 3 rings (SSSR count). The van der Waals surface area contributed by atoms with E-state index >= 15 is 0 Å². The highest BCUT2D eigenvalue weighted by Crippen LogP contribution is 2.22. The van der Waals surface area contributed by atoms with Crippen LogP contribution in [-0.2, 0) is 13.2 Å². The average molecular weight is 340 g/mol. The van der Waals surface area contributed by atoms with Gasteiger partial charge in [-0.3, -0.25) is 0 Å². The monoisotopic (exact) mass is 339 g/mol. The van der Waals surface area contributed by atoms with E-state index in [-0.39, 0.29) is 5.82 Å². The number of hydrogen-bond donors (Lipinski definition) is 1. The van der Waals surface area contributed by atoms with Crippen LogP contribution in [0.25, 0.3) is 0 Å². The number of rotatable bonds is 6.